The van der Waals surface area contributed by atoms with E-state index in [9.17, 15) is 5.21 Å². The molecule has 2 heteroatoms. The van der Waals surface area contributed by atoms with Gasteiger partial charge in [0.1, 0.15) is 0 Å². The van der Waals surface area contributed by atoms with E-state index in [1.807, 2.05) is 30.3 Å². The highest BCUT2D eigenvalue weighted by Gasteiger charge is 2.09. The Morgan fingerprint density at radius 2 is 1.81 bits per heavy atom. The van der Waals surface area contributed by atoms with Crippen molar-refractivity contribution in [2.75, 3.05) is 7.05 Å². The lowest BCUT2D eigenvalue weighted by Crippen LogP contribution is -2.18. The molecule has 0 aliphatic carbocycles. The molecule has 0 saturated carbocycles. The van der Waals surface area contributed by atoms with Crippen molar-refractivity contribution in [1.29, 1.82) is 0 Å². The van der Waals surface area contributed by atoms with Gasteiger partial charge >= 0.3 is 0 Å². The molecule has 0 aliphatic heterocycles. The smallest absolute Gasteiger partial charge is 0.0229 e. The lowest BCUT2D eigenvalue weighted by atomic mass is 10.00. The molecule has 1 atom stereocenters. The van der Waals surface area contributed by atoms with E-state index in [1.54, 1.807) is 7.05 Å². The van der Waals surface area contributed by atoms with E-state index < -0.39 is 0 Å². The lowest BCUT2D eigenvalue weighted by Gasteiger charge is -2.33. The molecule has 0 spiro atoms. The van der Waals surface area contributed by atoms with Gasteiger partial charge in [-0.3, -0.25) is 0 Å². The van der Waals surface area contributed by atoms with Crippen molar-refractivity contribution in [2.24, 2.45) is 0 Å². The van der Waals surface area contributed by atoms with Crippen LogP contribution >= 0.6 is 0 Å². The van der Waals surface area contributed by atoms with Gasteiger partial charge in [0.2, 0.25) is 0 Å². The number of rotatable bonds is 7. The molecule has 16 heavy (non-hydrogen) atoms. The highest BCUT2D eigenvalue weighted by molar-refractivity contribution is 5.18. The monoisotopic (exact) mass is 220 g/mol. The first-order chi connectivity index (χ1) is 7.75. The lowest BCUT2D eigenvalue weighted by molar-refractivity contribution is 0.311. The van der Waals surface area contributed by atoms with Crippen LogP contribution in [0, 0.1) is 5.21 Å². The minimum atomic E-state index is 0.0260. The molecule has 2 nitrogen and oxygen atoms in total. The minimum absolute atomic E-state index is 0.0260. The molecule has 0 bridgehead atoms. The molecule has 90 valence electrons. The zero-order valence-corrected chi connectivity index (χ0v) is 10.4. The Kier molecular flexibility index (Phi) is 6.12. The normalized spacial score (nSPS) is 13.0. The molecule has 1 unspecified atom stereocenters. The van der Waals surface area contributed by atoms with E-state index in [2.05, 4.69) is 6.92 Å². The van der Waals surface area contributed by atoms with Crippen LogP contribution in [0.1, 0.15) is 50.6 Å². The average molecular weight is 220 g/mol. The Hall–Kier alpha value is -0.860. The Morgan fingerprint density at radius 1 is 1.12 bits per heavy atom. The largest absolute Gasteiger partial charge is 0.785 e. The standard InChI is InChI=1S/C14H22NO/c1-3-4-5-9-12-14(15(2)16)13-10-7-6-8-11-13/h6-8,10-11,14H,3-5,9,12H2,1-2H3/q-1. The number of hydroxylamine groups is 2. The first-order valence-electron chi connectivity index (χ1n) is 6.20. The van der Waals surface area contributed by atoms with Gasteiger partial charge in [-0.25, -0.2) is 0 Å². The Labute approximate surface area is 98.9 Å². The molecular weight excluding hydrogens is 198 g/mol. The van der Waals surface area contributed by atoms with Crippen molar-refractivity contribution in [3.05, 3.63) is 41.1 Å². The van der Waals surface area contributed by atoms with E-state index in [0.717, 1.165) is 23.5 Å². The van der Waals surface area contributed by atoms with Gasteiger partial charge in [0, 0.05) is 6.04 Å². The zero-order valence-electron chi connectivity index (χ0n) is 10.4. The van der Waals surface area contributed by atoms with Crippen LogP contribution in [0.5, 0.6) is 0 Å². The van der Waals surface area contributed by atoms with Crippen LogP contribution in [-0.4, -0.2) is 12.1 Å². The fourth-order valence-electron chi connectivity index (χ4n) is 2.00. The summed E-state index contributed by atoms with van der Waals surface area (Å²) in [7, 11) is 1.62. The van der Waals surface area contributed by atoms with Crippen molar-refractivity contribution in [2.45, 2.75) is 45.1 Å². The second-order valence-corrected chi connectivity index (χ2v) is 4.32. The molecule has 0 radical (unpaired) electrons. The van der Waals surface area contributed by atoms with Gasteiger partial charge in [0.05, 0.1) is 0 Å². The van der Waals surface area contributed by atoms with E-state index >= 15 is 0 Å². The summed E-state index contributed by atoms with van der Waals surface area (Å²) >= 11 is 0. The predicted molar refractivity (Wildman–Crippen MR) is 69.1 cm³/mol. The van der Waals surface area contributed by atoms with Gasteiger partial charge in [-0.2, -0.15) is 0 Å². The Bertz CT molecular complexity index is 271. The Morgan fingerprint density at radius 3 is 2.38 bits per heavy atom. The maximum Gasteiger partial charge on any atom is 0.0229 e. The number of nitrogens with zero attached hydrogens (tertiary/aromatic N) is 1. The third kappa shape index (κ3) is 4.33. The van der Waals surface area contributed by atoms with Gasteiger partial charge in [-0.05, 0) is 19.0 Å². The van der Waals surface area contributed by atoms with E-state index in [4.69, 9.17) is 0 Å². The van der Waals surface area contributed by atoms with Crippen LogP contribution < -0.4 is 0 Å². The van der Waals surface area contributed by atoms with E-state index in [-0.39, 0.29) is 6.04 Å². The zero-order chi connectivity index (χ0) is 11.8. The Balaban J connectivity index is 2.49. The third-order valence-electron chi connectivity index (χ3n) is 2.95. The molecule has 0 N–H and O–H groups in total. The topological polar surface area (TPSA) is 26.3 Å². The summed E-state index contributed by atoms with van der Waals surface area (Å²) in [5.74, 6) is 0. The predicted octanol–water partition coefficient (Wildman–Crippen LogP) is 4.13. The molecule has 0 amide bonds. The van der Waals surface area contributed by atoms with Crippen LogP contribution in [0.25, 0.3) is 0 Å². The van der Waals surface area contributed by atoms with Crippen molar-refractivity contribution < 1.29 is 0 Å². The highest BCUT2D eigenvalue weighted by Crippen LogP contribution is 2.24. The maximum absolute atomic E-state index is 11.5. The first kappa shape index (κ1) is 13.2. The average Bonchev–Trinajstić information content (AvgIpc) is 2.30. The highest BCUT2D eigenvalue weighted by atomic mass is 16.5. The summed E-state index contributed by atoms with van der Waals surface area (Å²) in [6.07, 6.45) is 5.84. The molecule has 0 fully saturated rings. The van der Waals surface area contributed by atoms with Crippen molar-refractivity contribution >= 4 is 0 Å². The summed E-state index contributed by atoms with van der Waals surface area (Å²) in [4.78, 5) is 0. The molecule has 0 saturated heterocycles. The minimum Gasteiger partial charge on any atom is -0.785 e. The quantitative estimate of drug-likeness (QED) is 0.510. The van der Waals surface area contributed by atoms with Crippen LogP contribution in [0.4, 0.5) is 0 Å². The second-order valence-electron chi connectivity index (χ2n) is 4.32. The van der Waals surface area contributed by atoms with Crippen molar-refractivity contribution in [1.82, 2.24) is 5.06 Å². The maximum atomic E-state index is 11.5. The number of benzene rings is 1. The molecule has 0 heterocycles. The van der Waals surface area contributed by atoms with Crippen LogP contribution in [0.3, 0.4) is 0 Å². The fraction of sp³-hybridized carbons (Fsp3) is 0.571. The summed E-state index contributed by atoms with van der Waals surface area (Å²) in [6.45, 7) is 2.20. The van der Waals surface area contributed by atoms with Crippen molar-refractivity contribution in [3.8, 4) is 0 Å². The third-order valence-corrected chi connectivity index (χ3v) is 2.95. The second kappa shape index (κ2) is 7.42. The van der Waals surface area contributed by atoms with Gasteiger partial charge in [-0.1, -0.05) is 62.9 Å². The summed E-state index contributed by atoms with van der Waals surface area (Å²) in [5, 5.41) is 12.6. The summed E-state index contributed by atoms with van der Waals surface area (Å²) in [5.41, 5.74) is 1.14. The molecule has 1 aromatic rings. The SMILES string of the molecule is CCCCCCC(c1ccccc1)N(C)[O-]. The fourth-order valence-corrected chi connectivity index (χ4v) is 2.00. The number of hydrogen-bond donors (Lipinski definition) is 0. The van der Waals surface area contributed by atoms with Gasteiger partial charge < -0.3 is 10.3 Å². The van der Waals surface area contributed by atoms with Crippen molar-refractivity contribution in [3.63, 3.8) is 0 Å². The van der Waals surface area contributed by atoms with Crippen LogP contribution in [-0.2, 0) is 0 Å². The van der Waals surface area contributed by atoms with Gasteiger partial charge in [0.25, 0.3) is 0 Å². The first-order valence-corrected chi connectivity index (χ1v) is 6.20. The number of unbranched alkanes of at least 4 members (excludes halogenated alkanes) is 3. The molecular formula is C14H22NO-. The van der Waals surface area contributed by atoms with E-state index in [1.165, 1.54) is 19.3 Å². The van der Waals surface area contributed by atoms with Crippen LogP contribution in [0.15, 0.2) is 30.3 Å². The number of hydrogen-bond acceptors (Lipinski definition) is 2. The van der Waals surface area contributed by atoms with Crippen LogP contribution in [0.2, 0.25) is 0 Å². The van der Waals surface area contributed by atoms with Gasteiger partial charge in [0.15, 0.2) is 0 Å². The molecule has 1 aromatic carbocycles. The summed E-state index contributed by atoms with van der Waals surface area (Å²) < 4.78 is 0. The molecule has 1 rings (SSSR count). The van der Waals surface area contributed by atoms with Gasteiger partial charge in [-0.15, -0.1) is 0 Å². The molecule has 0 aliphatic rings. The summed E-state index contributed by atoms with van der Waals surface area (Å²) in [6, 6.07) is 10.1. The molecule has 0 aromatic heterocycles. The van der Waals surface area contributed by atoms with E-state index in [0.29, 0.717) is 0 Å².